The minimum absolute atomic E-state index is 0.196. The van der Waals surface area contributed by atoms with Gasteiger partial charge in [0.25, 0.3) is 0 Å². The van der Waals surface area contributed by atoms with E-state index in [4.69, 9.17) is 4.74 Å². The summed E-state index contributed by atoms with van der Waals surface area (Å²) < 4.78 is 10.4. The van der Waals surface area contributed by atoms with Crippen LogP contribution in [-0.2, 0) is 24.6 Å². The fraction of sp³-hybridized carbons (Fsp3) is 0.364. The molecule has 39 heavy (non-hydrogen) atoms. The molecule has 1 atom stereocenters. The summed E-state index contributed by atoms with van der Waals surface area (Å²) in [5.41, 5.74) is 11.0. The van der Waals surface area contributed by atoms with Crippen LogP contribution >= 0.6 is 0 Å². The molecule has 6 heteroatoms. The van der Waals surface area contributed by atoms with Gasteiger partial charge in [-0.1, -0.05) is 60.7 Å². The van der Waals surface area contributed by atoms with Gasteiger partial charge in [0.2, 0.25) is 0 Å². The molecule has 0 unspecified atom stereocenters. The number of rotatable bonds is 6. The van der Waals surface area contributed by atoms with Crippen molar-refractivity contribution in [3.63, 3.8) is 0 Å². The lowest BCUT2D eigenvalue weighted by molar-refractivity contribution is 0.0547. The Balaban J connectivity index is 1.71. The molecule has 1 fully saturated rings. The minimum Gasteiger partial charge on any atom is -0.381 e. The van der Waals surface area contributed by atoms with Crippen molar-refractivity contribution in [3.8, 4) is 0 Å². The average molecular weight is 520 g/mol. The Hall–Kier alpha value is -3.77. The van der Waals surface area contributed by atoms with Crippen molar-refractivity contribution in [2.45, 2.75) is 45.6 Å². The molecule has 0 N–H and O–H groups in total. The maximum atomic E-state index is 5.83. The zero-order chi connectivity index (χ0) is 26.9. The molecule has 200 valence electrons. The van der Waals surface area contributed by atoms with E-state index in [1.54, 1.807) is 0 Å². The lowest BCUT2D eigenvalue weighted by atomic mass is 9.86. The lowest BCUT2D eigenvalue weighted by Gasteiger charge is -2.33. The summed E-state index contributed by atoms with van der Waals surface area (Å²) in [7, 11) is 3.85. The van der Waals surface area contributed by atoms with Crippen LogP contribution in [0.3, 0.4) is 0 Å². The van der Waals surface area contributed by atoms with Crippen LogP contribution in [0, 0.1) is 12.8 Å². The van der Waals surface area contributed by atoms with Gasteiger partial charge in [-0.05, 0) is 67.4 Å². The molecule has 2 aromatic carbocycles. The molecule has 0 saturated carbocycles. The second-order valence-corrected chi connectivity index (χ2v) is 10.7. The van der Waals surface area contributed by atoms with E-state index in [1.807, 2.05) is 25.7 Å². The topological polar surface area (TPSA) is 57.2 Å². The van der Waals surface area contributed by atoms with E-state index >= 15 is 0 Å². The number of aryl methyl sites for hydroxylation is 3. The van der Waals surface area contributed by atoms with Crippen molar-refractivity contribution >= 4 is 28.8 Å². The van der Waals surface area contributed by atoms with Gasteiger partial charge in [-0.25, -0.2) is 4.68 Å². The van der Waals surface area contributed by atoms with Crippen LogP contribution in [0.2, 0.25) is 0 Å². The summed E-state index contributed by atoms with van der Waals surface area (Å²) in [4.78, 5) is 4.51. The number of hydrogen-bond donors (Lipinski definition) is 0. The predicted molar refractivity (Wildman–Crippen MR) is 159 cm³/mol. The van der Waals surface area contributed by atoms with Gasteiger partial charge in [0, 0.05) is 55.7 Å². The molecular formula is C33H37N5O. The van der Waals surface area contributed by atoms with E-state index in [-0.39, 0.29) is 6.04 Å². The molecular weight excluding hydrogens is 482 g/mol. The molecule has 1 aliphatic carbocycles. The van der Waals surface area contributed by atoms with E-state index in [1.165, 1.54) is 38.9 Å². The number of benzene rings is 2. The van der Waals surface area contributed by atoms with Crippen molar-refractivity contribution < 1.29 is 4.74 Å². The molecule has 6 rings (SSSR count). The molecule has 4 aromatic rings. The minimum atomic E-state index is 0.196. The van der Waals surface area contributed by atoms with Gasteiger partial charge in [0.1, 0.15) is 0 Å². The monoisotopic (exact) mass is 519 g/mol. The Morgan fingerprint density at radius 1 is 1.13 bits per heavy atom. The number of fused-ring (bicyclic) bond motifs is 3. The van der Waals surface area contributed by atoms with Gasteiger partial charge in [-0.15, -0.1) is 5.10 Å². The normalized spacial score (nSPS) is 17.0. The van der Waals surface area contributed by atoms with E-state index < -0.39 is 0 Å². The quantitative estimate of drug-likeness (QED) is 0.279. The second-order valence-electron chi connectivity index (χ2n) is 10.7. The van der Waals surface area contributed by atoms with Gasteiger partial charge in [-0.3, -0.25) is 4.99 Å². The van der Waals surface area contributed by atoms with E-state index in [9.17, 15) is 0 Å². The molecule has 1 saturated heterocycles. The third-order valence-electron chi connectivity index (χ3n) is 8.39. The standard InChI is InChI=1S/C33H37N5O/c1-5-23-14-15-29-31(28(23)21-34-3)27-13-9-12-26(32-22(2)35-36-37(32)4)20-30(27)38(29)33(24-10-7-6-8-11-24)25-16-18-39-19-17-25/h6-12,14-15,20-21,25,33H,5,13,16-19H2,1-4H3/t33-/m1/s1. The van der Waals surface area contributed by atoms with Crippen LogP contribution in [0.5, 0.6) is 0 Å². The van der Waals surface area contributed by atoms with Gasteiger partial charge in [-0.2, -0.15) is 0 Å². The van der Waals surface area contributed by atoms with Crippen molar-refractivity contribution in [1.82, 2.24) is 19.6 Å². The molecule has 0 bridgehead atoms. The number of ether oxygens (including phenoxy) is 1. The first-order valence-electron chi connectivity index (χ1n) is 14.1. The second kappa shape index (κ2) is 10.8. The third kappa shape index (κ3) is 4.47. The van der Waals surface area contributed by atoms with E-state index in [0.717, 1.165) is 55.9 Å². The summed E-state index contributed by atoms with van der Waals surface area (Å²) >= 11 is 0. The Morgan fingerprint density at radius 3 is 2.62 bits per heavy atom. The smallest absolute Gasteiger partial charge is 0.0912 e. The number of aromatic nitrogens is 4. The number of allylic oxidation sites excluding steroid dienone is 3. The number of aliphatic imine (C=N–C) groups is 1. The summed E-state index contributed by atoms with van der Waals surface area (Å²) in [5, 5.41) is 10.00. The Labute approximate surface area is 230 Å². The first-order chi connectivity index (χ1) is 19.1. The summed E-state index contributed by atoms with van der Waals surface area (Å²) in [6, 6.07) is 15.9. The van der Waals surface area contributed by atoms with Crippen molar-refractivity contribution in [2.24, 2.45) is 18.0 Å². The van der Waals surface area contributed by atoms with Crippen LogP contribution in [0.25, 0.3) is 22.6 Å². The zero-order valence-corrected chi connectivity index (χ0v) is 23.4. The molecule has 0 spiro atoms. The van der Waals surface area contributed by atoms with E-state index in [2.05, 4.69) is 93.7 Å². The Bertz CT molecular complexity index is 1560. The number of hydrogen-bond acceptors (Lipinski definition) is 4. The summed E-state index contributed by atoms with van der Waals surface area (Å²) in [6.45, 7) is 5.89. The first kappa shape index (κ1) is 25.5. The fourth-order valence-electron chi connectivity index (χ4n) is 6.64. The van der Waals surface area contributed by atoms with Crippen LogP contribution < -0.4 is 0 Å². The lowest BCUT2D eigenvalue weighted by Crippen LogP contribution is -2.27. The Kier molecular flexibility index (Phi) is 7.05. The SMILES string of the molecule is CCc1ccc2c(c1C=NC)c1c(n2[C@H](c2ccccc2)C2CCOCC2)C=C(c2c(C)nnn2C)C=CC1. The van der Waals surface area contributed by atoms with Gasteiger partial charge in [0.05, 0.1) is 22.9 Å². The zero-order valence-electron chi connectivity index (χ0n) is 23.4. The maximum absolute atomic E-state index is 5.83. The van der Waals surface area contributed by atoms with Gasteiger partial charge < -0.3 is 9.30 Å². The third-order valence-corrected chi connectivity index (χ3v) is 8.39. The highest BCUT2D eigenvalue weighted by Gasteiger charge is 2.32. The van der Waals surface area contributed by atoms with Crippen molar-refractivity contribution in [3.05, 3.63) is 94.0 Å². The highest BCUT2D eigenvalue weighted by atomic mass is 16.5. The highest BCUT2D eigenvalue weighted by molar-refractivity contribution is 6.05. The summed E-state index contributed by atoms with van der Waals surface area (Å²) in [5.74, 6) is 0.475. The average Bonchev–Trinajstić information content (AvgIpc) is 3.36. The molecule has 1 aliphatic heterocycles. The molecule has 3 heterocycles. The number of nitrogens with zero attached hydrogens (tertiary/aromatic N) is 5. The highest BCUT2D eigenvalue weighted by Crippen LogP contribution is 2.43. The molecule has 2 aliphatic rings. The van der Waals surface area contributed by atoms with Crippen LogP contribution in [0.1, 0.15) is 65.1 Å². The molecule has 2 aromatic heterocycles. The first-order valence-corrected chi connectivity index (χ1v) is 14.1. The molecule has 0 amide bonds. The summed E-state index contributed by atoms with van der Waals surface area (Å²) in [6.07, 6.45) is 12.9. The van der Waals surface area contributed by atoms with Crippen LogP contribution in [-0.4, -0.2) is 46.0 Å². The van der Waals surface area contributed by atoms with Gasteiger partial charge >= 0.3 is 0 Å². The van der Waals surface area contributed by atoms with Gasteiger partial charge in [0.15, 0.2) is 0 Å². The van der Waals surface area contributed by atoms with Crippen LogP contribution in [0.15, 0.2) is 59.6 Å². The maximum Gasteiger partial charge on any atom is 0.0912 e. The predicted octanol–water partition coefficient (Wildman–Crippen LogP) is 6.36. The van der Waals surface area contributed by atoms with Crippen LogP contribution in [0.4, 0.5) is 0 Å². The molecule has 6 nitrogen and oxygen atoms in total. The van der Waals surface area contributed by atoms with Crippen molar-refractivity contribution in [2.75, 3.05) is 20.3 Å². The molecule has 0 radical (unpaired) electrons. The largest absolute Gasteiger partial charge is 0.381 e. The fourth-order valence-corrected chi connectivity index (χ4v) is 6.64. The Morgan fingerprint density at radius 2 is 1.92 bits per heavy atom. The van der Waals surface area contributed by atoms with Crippen molar-refractivity contribution in [1.29, 1.82) is 0 Å². The van der Waals surface area contributed by atoms with E-state index in [0.29, 0.717) is 5.92 Å².